The third-order valence-electron chi connectivity index (χ3n) is 4.34. The number of ether oxygens (including phenoxy) is 1. The van der Waals surface area contributed by atoms with Gasteiger partial charge in [-0.15, -0.1) is 11.3 Å². The zero-order valence-corrected chi connectivity index (χ0v) is 14.6. The summed E-state index contributed by atoms with van der Waals surface area (Å²) in [5, 5.41) is 5.99. The molecule has 2 atom stereocenters. The number of rotatable bonds is 5. The van der Waals surface area contributed by atoms with Crippen LogP contribution in [0.25, 0.3) is 0 Å². The molecule has 2 nitrogen and oxygen atoms in total. The fraction of sp³-hybridized carbons (Fsp3) is 0.765. The molecule has 0 saturated carbocycles. The van der Waals surface area contributed by atoms with E-state index < -0.39 is 0 Å². The molecule has 114 valence electrons. The van der Waals surface area contributed by atoms with E-state index in [1.165, 1.54) is 16.9 Å². The number of hydrogen-bond acceptors (Lipinski definition) is 3. The van der Waals surface area contributed by atoms with Gasteiger partial charge in [0.05, 0.1) is 11.2 Å². The lowest BCUT2D eigenvalue weighted by Gasteiger charge is -2.33. The SMILES string of the molecule is CCCNC(c1sccc1C)C1CC(C)(C)OC1(C)C. The molecule has 0 amide bonds. The van der Waals surface area contributed by atoms with Crippen LogP contribution in [0.5, 0.6) is 0 Å². The Bertz CT molecular complexity index is 450. The van der Waals surface area contributed by atoms with E-state index in [1.807, 2.05) is 11.3 Å². The Hall–Kier alpha value is -0.380. The van der Waals surface area contributed by atoms with Gasteiger partial charge >= 0.3 is 0 Å². The molecular weight excluding hydrogens is 266 g/mol. The zero-order chi connectivity index (χ0) is 15.0. The number of aryl methyl sites for hydroxylation is 1. The van der Waals surface area contributed by atoms with Gasteiger partial charge in [0.25, 0.3) is 0 Å². The van der Waals surface area contributed by atoms with Gasteiger partial charge in [-0.25, -0.2) is 0 Å². The van der Waals surface area contributed by atoms with Crippen molar-refractivity contribution in [1.29, 1.82) is 0 Å². The minimum Gasteiger partial charge on any atom is -0.369 e. The largest absolute Gasteiger partial charge is 0.369 e. The van der Waals surface area contributed by atoms with Crippen LogP contribution in [0.3, 0.4) is 0 Å². The molecule has 0 radical (unpaired) electrons. The van der Waals surface area contributed by atoms with Crippen LogP contribution >= 0.6 is 11.3 Å². The molecule has 20 heavy (non-hydrogen) atoms. The molecule has 2 unspecified atom stereocenters. The van der Waals surface area contributed by atoms with E-state index in [9.17, 15) is 0 Å². The van der Waals surface area contributed by atoms with Crippen LogP contribution in [0.1, 0.15) is 63.9 Å². The second kappa shape index (κ2) is 5.78. The van der Waals surface area contributed by atoms with Gasteiger partial charge in [-0.2, -0.15) is 0 Å². The summed E-state index contributed by atoms with van der Waals surface area (Å²) in [5.41, 5.74) is 1.31. The fourth-order valence-electron chi connectivity index (χ4n) is 3.54. The normalized spacial score (nSPS) is 25.8. The summed E-state index contributed by atoms with van der Waals surface area (Å²) in [7, 11) is 0. The van der Waals surface area contributed by atoms with Crippen molar-refractivity contribution in [2.75, 3.05) is 6.54 Å². The first kappa shape index (κ1) is 16.0. The molecule has 0 bridgehead atoms. The maximum absolute atomic E-state index is 6.31. The van der Waals surface area contributed by atoms with E-state index in [2.05, 4.69) is 58.3 Å². The van der Waals surface area contributed by atoms with Crippen molar-refractivity contribution < 1.29 is 4.74 Å². The van der Waals surface area contributed by atoms with E-state index in [1.54, 1.807) is 0 Å². The van der Waals surface area contributed by atoms with Crippen molar-refractivity contribution in [2.45, 2.75) is 71.6 Å². The highest BCUT2D eigenvalue weighted by Crippen LogP contribution is 2.48. The van der Waals surface area contributed by atoms with Crippen LogP contribution in [-0.2, 0) is 4.74 Å². The summed E-state index contributed by atoms with van der Waals surface area (Å²) in [5.74, 6) is 0.515. The Morgan fingerprint density at radius 2 is 2.10 bits per heavy atom. The first-order valence-electron chi connectivity index (χ1n) is 7.74. The minimum absolute atomic E-state index is 0.0223. The third kappa shape index (κ3) is 3.26. The Morgan fingerprint density at radius 1 is 1.40 bits per heavy atom. The highest BCUT2D eigenvalue weighted by Gasteiger charge is 2.49. The van der Waals surface area contributed by atoms with Crippen molar-refractivity contribution in [3.8, 4) is 0 Å². The van der Waals surface area contributed by atoms with E-state index >= 15 is 0 Å². The number of nitrogens with one attached hydrogen (secondary N) is 1. The Balaban J connectivity index is 2.30. The summed E-state index contributed by atoms with van der Waals surface area (Å²) in [4.78, 5) is 1.48. The van der Waals surface area contributed by atoms with Gasteiger partial charge < -0.3 is 10.1 Å². The van der Waals surface area contributed by atoms with Crippen molar-refractivity contribution in [1.82, 2.24) is 5.32 Å². The molecule has 1 aromatic heterocycles. The first-order chi connectivity index (χ1) is 9.27. The standard InChI is InChI=1S/C17H29NOS/c1-7-9-18-14(15-12(2)8-10-20-15)13-11-16(3,4)19-17(13,5)6/h8,10,13-14,18H,7,9,11H2,1-6H3. The summed E-state index contributed by atoms with van der Waals surface area (Å²) >= 11 is 1.88. The summed E-state index contributed by atoms with van der Waals surface area (Å²) < 4.78 is 6.31. The molecule has 0 spiro atoms. The average Bonchev–Trinajstić information content (AvgIpc) is 2.81. The van der Waals surface area contributed by atoms with Crippen molar-refractivity contribution in [3.05, 3.63) is 21.9 Å². The predicted molar refractivity (Wildman–Crippen MR) is 87.4 cm³/mol. The maximum Gasteiger partial charge on any atom is 0.0681 e. The quantitative estimate of drug-likeness (QED) is 0.851. The van der Waals surface area contributed by atoms with Crippen molar-refractivity contribution in [3.63, 3.8) is 0 Å². The molecule has 1 fully saturated rings. The molecule has 1 N–H and O–H groups in total. The van der Waals surface area contributed by atoms with Gasteiger partial charge in [0.1, 0.15) is 0 Å². The highest BCUT2D eigenvalue weighted by molar-refractivity contribution is 7.10. The van der Waals surface area contributed by atoms with Crippen LogP contribution in [0.15, 0.2) is 11.4 Å². The lowest BCUT2D eigenvalue weighted by Crippen LogP contribution is -2.38. The van der Waals surface area contributed by atoms with E-state index in [0.717, 1.165) is 13.0 Å². The highest BCUT2D eigenvalue weighted by atomic mass is 32.1. The van der Waals surface area contributed by atoms with Crippen LogP contribution < -0.4 is 5.32 Å². The molecule has 0 aliphatic carbocycles. The van der Waals surface area contributed by atoms with Gasteiger partial charge in [-0.1, -0.05) is 6.92 Å². The van der Waals surface area contributed by atoms with Gasteiger partial charge in [0.2, 0.25) is 0 Å². The first-order valence-corrected chi connectivity index (χ1v) is 8.62. The maximum atomic E-state index is 6.31. The topological polar surface area (TPSA) is 21.3 Å². The van der Waals surface area contributed by atoms with Crippen LogP contribution in [-0.4, -0.2) is 17.7 Å². The number of thiophene rings is 1. The lowest BCUT2D eigenvalue weighted by molar-refractivity contribution is -0.0777. The Labute approximate surface area is 127 Å². The third-order valence-corrected chi connectivity index (χ3v) is 5.45. The molecule has 1 aliphatic rings. The van der Waals surface area contributed by atoms with Crippen molar-refractivity contribution in [2.24, 2.45) is 5.92 Å². The van der Waals surface area contributed by atoms with Gasteiger partial charge in [-0.3, -0.25) is 0 Å². The Morgan fingerprint density at radius 3 is 2.55 bits per heavy atom. The summed E-state index contributed by atoms with van der Waals surface area (Å²) in [6.07, 6.45) is 2.27. The molecule has 3 heteroatoms. The van der Waals surface area contributed by atoms with E-state index in [4.69, 9.17) is 4.74 Å². The monoisotopic (exact) mass is 295 g/mol. The van der Waals surface area contributed by atoms with Gasteiger partial charge in [-0.05, 0) is 71.0 Å². The number of hydrogen-bond donors (Lipinski definition) is 1. The minimum atomic E-state index is -0.0780. The van der Waals surface area contributed by atoms with Crippen LogP contribution in [0.2, 0.25) is 0 Å². The van der Waals surface area contributed by atoms with Gasteiger partial charge in [0, 0.05) is 16.8 Å². The average molecular weight is 295 g/mol. The zero-order valence-electron chi connectivity index (χ0n) is 13.7. The second-order valence-corrected chi connectivity index (χ2v) is 8.12. The smallest absolute Gasteiger partial charge is 0.0681 e. The molecule has 1 aromatic rings. The van der Waals surface area contributed by atoms with Crippen LogP contribution in [0.4, 0.5) is 0 Å². The predicted octanol–water partition coefficient (Wildman–Crippen LogP) is 4.69. The Kier molecular flexibility index (Phi) is 4.63. The summed E-state index contributed by atoms with van der Waals surface area (Å²) in [6.45, 7) is 14.4. The molecule has 2 rings (SSSR count). The second-order valence-electron chi connectivity index (χ2n) is 7.18. The molecular formula is C17H29NOS. The van der Waals surface area contributed by atoms with Crippen LogP contribution in [0, 0.1) is 12.8 Å². The molecule has 0 aromatic carbocycles. The fourth-order valence-corrected chi connectivity index (χ4v) is 4.61. The lowest BCUT2D eigenvalue weighted by atomic mass is 9.80. The van der Waals surface area contributed by atoms with E-state index in [0.29, 0.717) is 12.0 Å². The molecule has 2 heterocycles. The van der Waals surface area contributed by atoms with Crippen molar-refractivity contribution >= 4 is 11.3 Å². The summed E-state index contributed by atoms with van der Waals surface area (Å²) in [6, 6.07) is 2.64. The van der Waals surface area contributed by atoms with Gasteiger partial charge in [0.15, 0.2) is 0 Å². The molecule has 1 saturated heterocycles. The van der Waals surface area contributed by atoms with E-state index in [-0.39, 0.29) is 11.2 Å². The molecule has 1 aliphatic heterocycles.